The lowest BCUT2D eigenvalue weighted by Crippen LogP contribution is -2.49. The lowest BCUT2D eigenvalue weighted by molar-refractivity contribution is -0.274. The van der Waals surface area contributed by atoms with Crippen LogP contribution in [0.25, 0.3) is 10.2 Å². The number of carbonyl (C=O) groups is 1. The van der Waals surface area contributed by atoms with E-state index in [1.54, 1.807) is 0 Å². The maximum Gasteiger partial charge on any atom is 0.573 e. The summed E-state index contributed by atoms with van der Waals surface area (Å²) < 4.78 is 41.9. The van der Waals surface area contributed by atoms with Gasteiger partial charge in [-0.05, 0) is 23.3 Å². The molecule has 1 aliphatic rings. The molecule has 0 saturated carbocycles. The van der Waals surface area contributed by atoms with Crippen LogP contribution in [0.5, 0.6) is 5.75 Å². The lowest BCUT2D eigenvalue weighted by Gasteiger charge is -2.39. The van der Waals surface area contributed by atoms with Gasteiger partial charge >= 0.3 is 6.36 Å². The molecule has 5 rings (SSSR count). The smallest absolute Gasteiger partial charge is 0.406 e. The second kappa shape index (κ2) is 10.9. The van der Waals surface area contributed by atoms with Crippen LogP contribution in [0.1, 0.15) is 17.2 Å². The van der Waals surface area contributed by atoms with Crippen LogP contribution in [0.4, 0.5) is 18.3 Å². The van der Waals surface area contributed by atoms with Gasteiger partial charge < -0.3 is 10.1 Å². The van der Waals surface area contributed by atoms with Gasteiger partial charge in [0.15, 0.2) is 5.13 Å². The number of amides is 1. The van der Waals surface area contributed by atoms with E-state index in [0.29, 0.717) is 15.3 Å². The van der Waals surface area contributed by atoms with Gasteiger partial charge in [0, 0.05) is 32.2 Å². The molecule has 1 amide bonds. The van der Waals surface area contributed by atoms with Crippen LogP contribution in [0, 0.1) is 0 Å². The van der Waals surface area contributed by atoms with Crippen molar-refractivity contribution in [2.45, 2.75) is 12.4 Å². The number of hydrogen-bond donors (Lipinski definition) is 1. The fraction of sp³-hybridized carbons (Fsp3) is 0.259. The maximum absolute atomic E-state index is 12.7. The van der Waals surface area contributed by atoms with Crippen molar-refractivity contribution in [2.75, 3.05) is 38.0 Å². The Bertz CT molecular complexity index is 1300. The number of rotatable bonds is 7. The average molecular weight is 527 g/mol. The summed E-state index contributed by atoms with van der Waals surface area (Å²) in [5.41, 5.74) is 2.97. The molecule has 192 valence electrons. The van der Waals surface area contributed by atoms with E-state index in [1.165, 1.54) is 29.3 Å². The van der Waals surface area contributed by atoms with E-state index in [0.717, 1.165) is 37.5 Å². The van der Waals surface area contributed by atoms with Gasteiger partial charge in [0.25, 0.3) is 0 Å². The Kier molecular flexibility index (Phi) is 7.40. The summed E-state index contributed by atoms with van der Waals surface area (Å²) in [6.07, 6.45) is -4.76. The van der Waals surface area contributed by atoms with Crippen molar-refractivity contribution in [3.05, 3.63) is 90.0 Å². The van der Waals surface area contributed by atoms with E-state index in [-0.39, 0.29) is 24.2 Å². The fourth-order valence-electron chi connectivity index (χ4n) is 4.58. The van der Waals surface area contributed by atoms with Crippen LogP contribution in [-0.2, 0) is 4.79 Å². The largest absolute Gasteiger partial charge is 0.573 e. The topological polar surface area (TPSA) is 57.7 Å². The van der Waals surface area contributed by atoms with Gasteiger partial charge in [0.05, 0.1) is 22.8 Å². The van der Waals surface area contributed by atoms with Gasteiger partial charge in [-0.25, -0.2) is 4.98 Å². The second-order valence-corrected chi connectivity index (χ2v) is 9.81. The number of thiazole rings is 1. The minimum atomic E-state index is -4.76. The first-order valence-electron chi connectivity index (χ1n) is 11.9. The Morgan fingerprint density at radius 2 is 1.57 bits per heavy atom. The predicted octanol–water partition coefficient (Wildman–Crippen LogP) is 5.54. The molecule has 1 N–H and O–H groups in total. The SMILES string of the molecule is O=C(CN1CCN(C(c2ccccc2)c2ccccc2)CC1)Nc1nc2ccc(OC(F)(F)F)cc2s1. The molecule has 0 radical (unpaired) electrons. The number of aromatic nitrogens is 1. The molecule has 0 spiro atoms. The minimum absolute atomic E-state index is 0.146. The first kappa shape index (κ1) is 25.2. The average Bonchev–Trinajstić information content (AvgIpc) is 3.27. The highest BCUT2D eigenvalue weighted by molar-refractivity contribution is 7.22. The standard InChI is InChI=1S/C27H25F3N4O2S/c28-27(29,30)36-21-11-12-22-23(17-21)37-26(31-22)32-24(35)18-33-13-15-34(16-14-33)25(19-7-3-1-4-8-19)20-9-5-2-6-10-20/h1-12,17,25H,13-16,18H2,(H,31,32,35). The highest BCUT2D eigenvalue weighted by Crippen LogP contribution is 2.32. The number of nitrogens with zero attached hydrogens (tertiary/aromatic N) is 3. The van der Waals surface area contributed by atoms with Crippen LogP contribution in [-0.4, -0.2) is 59.8 Å². The van der Waals surface area contributed by atoms with Crippen LogP contribution >= 0.6 is 11.3 Å². The first-order valence-corrected chi connectivity index (χ1v) is 12.7. The van der Waals surface area contributed by atoms with E-state index in [9.17, 15) is 18.0 Å². The molecule has 6 nitrogen and oxygen atoms in total. The first-order chi connectivity index (χ1) is 17.8. The predicted molar refractivity (Wildman–Crippen MR) is 138 cm³/mol. The van der Waals surface area contributed by atoms with E-state index in [2.05, 4.69) is 73.4 Å². The number of halogens is 3. The maximum atomic E-state index is 12.7. The third kappa shape index (κ3) is 6.46. The Morgan fingerprint density at radius 1 is 0.946 bits per heavy atom. The molecule has 4 aromatic rings. The summed E-state index contributed by atoms with van der Waals surface area (Å²) in [6, 6.07) is 24.9. The molecule has 1 fully saturated rings. The number of carbonyl (C=O) groups excluding carboxylic acids is 1. The van der Waals surface area contributed by atoms with Crippen molar-refractivity contribution in [2.24, 2.45) is 0 Å². The summed E-state index contributed by atoms with van der Waals surface area (Å²) in [7, 11) is 0. The number of alkyl halides is 3. The van der Waals surface area contributed by atoms with Crippen molar-refractivity contribution >= 4 is 32.6 Å². The Balaban J connectivity index is 1.19. The van der Waals surface area contributed by atoms with E-state index in [1.807, 2.05) is 12.1 Å². The number of hydrogen-bond acceptors (Lipinski definition) is 6. The van der Waals surface area contributed by atoms with Crippen LogP contribution in [0.15, 0.2) is 78.9 Å². The third-order valence-corrected chi connectivity index (χ3v) is 7.14. The molecule has 0 aliphatic carbocycles. The van der Waals surface area contributed by atoms with Crippen molar-refractivity contribution in [1.29, 1.82) is 0 Å². The van der Waals surface area contributed by atoms with Crippen molar-refractivity contribution in [3.8, 4) is 5.75 Å². The van der Waals surface area contributed by atoms with Crippen LogP contribution in [0.3, 0.4) is 0 Å². The molecule has 1 saturated heterocycles. The molecule has 3 aromatic carbocycles. The fourth-order valence-corrected chi connectivity index (χ4v) is 5.49. The normalized spacial score (nSPS) is 15.2. The summed E-state index contributed by atoms with van der Waals surface area (Å²) in [5, 5.41) is 3.13. The van der Waals surface area contributed by atoms with Crippen molar-refractivity contribution in [1.82, 2.24) is 14.8 Å². The Hall–Kier alpha value is -3.47. The van der Waals surface area contributed by atoms with E-state index >= 15 is 0 Å². The molecule has 10 heteroatoms. The molecule has 0 bridgehead atoms. The quantitative estimate of drug-likeness (QED) is 0.343. The van der Waals surface area contributed by atoms with E-state index < -0.39 is 6.36 Å². The summed E-state index contributed by atoms with van der Waals surface area (Å²) in [6.45, 7) is 3.31. The van der Waals surface area contributed by atoms with Crippen molar-refractivity contribution < 1.29 is 22.7 Å². The van der Waals surface area contributed by atoms with Gasteiger partial charge in [0.1, 0.15) is 5.75 Å². The molecule has 37 heavy (non-hydrogen) atoms. The molecule has 1 aromatic heterocycles. The highest BCUT2D eigenvalue weighted by atomic mass is 32.1. The highest BCUT2D eigenvalue weighted by Gasteiger charge is 2.31. The zero-order valence-electron chi connectivity index (χ0n) is 19.8. The van der Waals surface area contributed by atoms with Gasteiger partial charge in [-0.2, -0.15) is 0 Å². The summed E-state index contributed by atoms with van der Waals surface area (Å²) in [5.74, 6) is -0.523. The monoisotopic (exact) mass is 526 g/mol. The minimum Gasteiger partial charge on any atom is -0.406 e. The number of anilines is 1. The number of nitrogens with one attached hydrogen (secondary N) is 1. The lowest BCUT2D eigenvalue weighted by atomic mass is 9.96. The number of ether oxygens (including phenoxy) is 1. The number of benzene rings is 3. The zero-order valence-corrected chi connectivity index (χ0v) is 20.6. The number of fused-ring (bicyclic) bond motifs is 1. The van der Waals surface area contributed by atoms with Gasteiger partial charge in [0.2, 0.25) is 5.91 Å². The zero-order chi connectivity index (χ0) is 25.8. The molecule has 2 heterocycles. The van der Waals surface area contributed by atoms with E-state index in [4.69, 9.17) is 0 Å². The third-order valence-electron chi connectivity index (χ3n) is 6.21. The van der Waals surface area contributed by atoms with Crippen LogP contribution < -0.4 is 10.1 Å². The molecule has 1 aliphatic heterocycles. The molecular formula is C27H25F3N4O2S. The molecular weight excluding hydrogens is 501 g/mol. The summed E-state index contributed by atoms with van der Waals surface area (Å²) >= 11 is 1.11. The Morgan fingerprint density at radius 3 is 2.16 bits per heavy atom. The van der Waals surface area contributed by atoms with Gasteiger partial charge in [-0.15, -0.1) is 13.2 Å². The van der Waals surface area contributed by atoms with Crippen LogP contribution in [0.2, 0.25) is 0 Å². The molecule has 0 atom stereocenters. The van der Waals surface area contributed by atoms with Gasteiger partial charge in [-0.1, -0.05) is 72.0 Å². The second-order valence-electron chi connectivity index (χ2n) is 8.78. The molecule has 0 unspecified atom stereocenters. The Labute approximate surface area is 216 Å². The summed E-state index contributed by atoms with van der Waals surface area (Å²) in [4.78, 5) is 21.5. The van der Waals surface area contributed by atoms with Gasteiger partial charge in [-0.3, -0.25) is 14.6 Å². The number of piperazine rings is 1. The van der Waals surface area contributed by atoms with Crippen molar-refractivity contribution in [3.63, 3.8) is 0 Å².